The molecule has 1 aromatic carbocycles. The first-order valence-electron chi connectivity index (χ1n) is 8.83. The van der Waals surface area contributed by atoms with Crippen LogP contribution in [0, 0.1) is 6.92 Å². The van der Waals surface area contributed by atoms with E-state index < -0.39 is 10.0 Å². The number of carbonyl (C=O) groups excluding carboxylic acids is 1. The summed E-state index contributed by atoms with van der Waals surface area (Å²) >= 11 is 1.60. The Labute approximate surface area is 159 Å². The molecule has 1 aliphatic heterocycles. The first kappa shape index (κ1) is 19.1. The SMILES string of the molecule is CC(=O)Nc1ccc(C)cc1S(=O)(=O)N1CCCCC[C@H]1c1cccs1. The zero-order chi connectivity index (χ0) is 18.7. The third-order valence-electron chi connectivity index (χ3n) is 4.61. The highest BCUT2D eigenvalue weighted by atomic mass is 32.2. The third kappa shape index (κ3) is 4.00. The van der Waals surface area contributed by atoms with Crippen molar-refractivity contribution < 1.29 is 13.2 Å². The van der Waals surface area contributed by atoms with Gasteiger partial charge in [0.2, 0.25) is 15.9 Å². The minimum Gasteiger partial charge on any atom is -0.325 e. The van der Waals surface area contributed by atoms with Crippen LogP contribution in [-0.4, -0.2) is 25.2 Å². The zero-order valence-electron chi connectivity index (χ0n) is 15.1. The molecule has 26 heavy (non-hydrogen) atoms. The van der Waals surface area contributed by atoms with Crippen LogP contribution in [0.5, 0.6) is 0 Å². The van der Waals surface area contributed by atoms with Crippen molar-refractivity contribution in [1.82, 2.24) is 4.31 Å². The van der Waals surface area contributed by atoms with E-state index in [9.17, 15) is 13.2 Å². The molecule has 1 amide bonds. The van der Waals surface area contributed by atoms with Gasteiger partial charge in [0.25, 0.3) is 0 Å². The van der Waals surface area contributed by atoms with Gasteiger partial charge in [0.15, 0.2) is 0 Å². The summed E-state index contributed by atoms with van der Waals surface area (Å²) in [6.07, 6.45) is 3.71. The van der Waals surface area contributed by atoms with E-state index in [2.05, 4.69) is 5.32 Å². The van der Waals surface area contributed by atoms with Crippen molar-refractivity contribution in [2.75, 3.05) is 11.9 Å². The smallest absolute Gasteiger partial charge is 0.245 e. The number of nitrogens with one attached hydrogen (secondary N) is 1. The lowest BCUT2D eigenvalue weighted by atomic mass is 10.1. The van der Waals surface area contributed by atoms with E-state index in [1.165, 1.54) is 6.92 Å². The van der Waals surface area contributed by atoms with E-state index in [1.54, 1.807) is 27.8 Å². The first-order valence-corrected chi connectivity index (χ1v) is 11.1. The van der Waals surface area contributed by atoms with Crippen molar-refractivity contribution in [3.05, 3.63) is 46.2 Å². The highest BCUT2D eigenvalue weighted by Gasteiger charge is 2.35. The molecule has 0 bridgehead atoms. The number of anilines is 1. The molecule has 1 fully saturated rings. The van der Waals surface area contributed by atoms with Crippen LogP contribution in [0.2, 0.25) is 0 Å². The molecule has 0 saturated carbocycles. The predicted molar refractivity (Wildman–Crippen MR) is 105 cm³/mol. The van der Waals surface area contributed by atoms with Crippen LogP contribution in [0.1, 0.15) is 49.1 Å². The number of hydrogen-bond donors (Lipinski definition) is 1. The second-order valence-electron chi connectivity index (χ2n) is 6.68. The van der Waals surface area contributed by atoms with Crippen molar-refractivity contribution in [3.63, 3.8) is 0 Å². The Morgan fingerprint density at radius 1 is 1.23 bits per heavy atom. The predicted octanol–water partition coefficient (Wildman–Crippen LogP) is 4.32. The highest BCUT2D eigenvalue weighted by Crippen LogP contribution is 2.38. The molecule has 0 aliphatic carbocycles. The molecule has 7 heteroatoms. The molecular formula is C19H24N2O3S2. The topological polar surface area (TPSA) is 66.5 Å². The molecule has 5 nitrogen and oxygen atoms in total. The maximum Gasteiger partial charge on any atom is 0.245 e. The fourth-order valence-corrected chi connectivity index (χ4v) is 6.25. The van der Waals surface area contributed by atoms with Gasteiger partial charge in [-0.1, -0.05) is 25.0 Å². The summed E-state index contributed by atoms with van der Waals surface area (Å²) in [6.45, 7) is 3.74. The summed E-state index contributed by atoms with van der Waals surface area (Å²) in [4.78, 5) is 12.8. The average molecular weight is 393 g/mol. The molecule has 2 aromatic rings. The number of nitrogens with zero attached hydrogens (tertiary/aromatic N) is 1. The quantitative estimate of drug-likeness (QED) is 0.842. The van der Waals surface area contributed by atoms with E-state index in [0.29, 0.717) is 12.2 Å². The maximum atomic E-state index is 13.6. The van der Waals surface area contributed by atoms with Crippen molar-refractivity contribution >= 4 is 33.0 Å². The molecule has 0 unspecified atom stereocenters. The minimum absolute atomic E-state index is 0.145. The fourth-order valence-electron chi connectivity index (χ4n) is 3.40. The molecule has 3 rings (SSSR count). The van der Waals surface area contributed by atoms with E-state index >= 15 is 0 Å². The van der Waals surface area contributed by atoms with Gasteiger partial charge in [-0.2, -0.15) is 4.31 Å². The van der Waals surface area contributed by atoms with Gasteiger partial charge in [-0.15, -0.1) is 11.3 Å². The lowest BCUT2D eigenvalue weighted by Gasteiger charge is -2.29. The summed E-state index contributed by atoms with van der Waals surface area (Å²) < 4.78 is 28.8. The van der Waals surface area contributed by atoms with E-state index in [4.69, 9.17) is 0 Å². The zero-order valence-corrected chi connectivity index (χ0v) is 16.7. The lowest BCUT2D eigenvalue weighted by Crippen LogP contribution is -2.35. The molecule has 1 aliphatic rings. The molecule has 0 radical (unpaired) electrons. The van der Waals surface area contributed by atoms with E-state index in [0.717, 1.165) is 36.1 Å². The Bertz CT molecular complexity index is 876. The Morgan fingerprint density at radius 2 is 2.04 bits per heavy atom. The monoisotopic (exact) mass is 392 g/mol. The van der Waals surface area contributed by atoms with Crippen LogP contribution in [0.4, 0.5) is 5.69 Å². The van der Waals surface area contributed by atoms with Crippen LogP contribution >= 0.6 is 11.3 Å². The van der Waals surface area contributed by atoms with E-state index in [-0.39, 0.29) is 16.8 Å². The van der Waals surface area contributed by atoms with Crippen LogP contribution < -0.4 is 5.32 Å². The number of sulfonamides is 1. The van der Waals surface area contributed by atoms with E-state index in [1.807, 2.05) is 30.5 Å². The van der Waals surface area contributed by atoms with Crippen molar-refractivity contribution in [3.8, 4) is 0 Å². The van der Waals surface area contributed by atoms with Crippen molar-refractivity contribution in [1.29, 1.82) is 0 Å². The van der Waals surface area contributed by atoms with Gasteiger partial charge in [0.1, 0.15) is 4.90 Å². The second kappa shape index (κ2) is 7.90. The number of rotatable bonds is 4. The molecule has 0 spiro atoms. The maximum absolute atomic E-state index is 13.6. The van der Waals surface area contributed by atoms with Gasteiger partial charge in [0.05, 0.1) is 11.7 Å². The number of amides is 1. The molecule has 2 heterocycles. The summed E-state index contributed by atoms with van der Waals surface area (Å²) in [5.74, 6) is -0.282. The van der Waals surface area contributed by atoms with Crippen molar-refractivity contribution in [2.24, 2.45) is 0 Å². The Balaban J connectivity index is 2.07. The lowest BCUT2D eigenvalue weighted by molar-refractivity contribution is -0.114. The number of thiophene rings is 1. The summed E-state index contributed by atoms with van der Waals surface area (Å²) in [6, 6.07) is 8.95. The summed E-state index contributed by atoms with van der Waals surface area (Å²) in [7, 11) is -3.73. The molecule has 1 atom stereocenters. The largest absolute Gasteiger partial charge is 0.325 e. The third-order valence-corrected chi connectivity index (χ3v) is 7.53. The Hall–Kier alpha value is -1.70. The van der Waals surface area contributed by atoms with Crippen molar-refractivity contribution in [2.45, 2.75) is 50.5 Å². The number of hydrogen-bond acceptors (Lipinski definition) is 4. The fraction of sp³-hybridized carbons (Fsp3) is 0.421. The van der Waals surface area contributed by atoms with Crippen LogP contribution in [0.15, 0.2) is 40.6 Å². The highest BCUT2D eigenvalue weighted by molar-refractivity contribution is 7.89. The molecule has 1 N–H and O–H groups in total. The normalized spacial score (nSPS) is 19.1. The van der Waals surface area contributed by atoms with Gasteiger partial charge in [-0.05, 0) is 48.9 Å². The van der Waals surface area contributed by atoms with Gasteiger partial charge in [0, 0.05) is 18.3 Å². The summed E-state index contributed by atoms with van der Waals surface area (Å²) in [5.41, 5.74) is 1.19. The Morgan fingerprint density at radius 3 is 2.73 bits per heavy atom. The van der Waals surface area contributed by atoms with Crippen LogP contribution in [0.25, 0.3) is 0 Å². The number of aryl methyl sites for hydroxylation is 1. The molecule has 140 valence electrons. The average Bonchev–Trinajstić information content (AvgIpc) is 2.99. The van der Waals surface area contributed by atoms with Gasteiger partial charge >= 0.3 is 0 Å². The first-order chi connectivity index (χ1) is 12.4. The Kier molecular flexibility index (Phi) is 5.79. The summed E-state index contributed by atoms with van der Waals surface area (Å²) in [5, 5.41) is 4.66. The van der Waals surface area contributed by atoms with Gasteiger partial charge < -0.3 is 5.32 Å². The molecular weight excluding hydrogens is 368 g/mol. The molecule has 1 saturated heterocycles. The minimum atomic E-state index is -3.73. The van der Waals surface area contributed by atoms with Crippen LogP contribution in [0.3, 0.4) is 0 Å². The van der Waals surface area contributed by atoms with Gasteiger partial charge in [-0.25, -0.2) is 8.42 Å². The number of carbonyl (C=O) groups is 1. The molecule has 1 aromatic heterocycles. The second-order valence-corrected chi connectivity index (χ2v) is 9.52. The standard InChI is InChI=1S/C19H24N2O3S2/c1-14-9-10-16(20-15(2)22)19(13-14)26(23,24)21-11-5-3-4-7-17(21)18-8-6-12-25-18/h6,8-10,12-13,17H,3-5,7,11H2,1-2H3,(H,20,22)/t17-/m0/s1. The van der Waals surface area contributed by atoms with Crippen LogP contribution in [-0.2, 0) is 14.8 Å². The van der Waals surface area contributed by atoms with Gasteiger partial charge in [-0.3, -0.25) is 4.79 Å². The number of benzene rings is 1.